The van der Waals surface area contributed by atoms with Crippen molar-refractivity contribution in [2.45, 2.75) is 40.0 Å². The van der Waals surface area contributed by atoms with Gasteiger partial charge in [0.15, 0.2) is 0 Å². The number of aryl methyl sites for hydroxylation is 1. The molecule has 0 saturated heterocycles. The van der Waals surface area contributed by atoms with E-state index in [-0.39, 0.29) is 5.75 Å². The van der Waals surface area contributed by atoms with Crippen molar-refractivity contribution < 1.29 is 9.84 Å². The van der Waals surface area contributed by atoms with Crippen LogP contribution in [0.3, 0.4) is 0 Å². The van der Waals surface area contributed by atoms with E-state index in [0.717, 1.165) is 29.0 Å². The number of aromatic hydroxyl groups is 1. The smallest absolute Gasteiger partial charge is 0.136 e. The van der Waals surface area contributed by atoms with Crippen LogP contribution in [-0.2, 0) is 0 Å². The van der Waals surface area contributed by atoms with Crippen molar-refractivity contribution >= 4 is 0 Å². The van der Waals surface area contributed by atoms with E-state index in [4.69, 9.17) is 4.74 Å². The Kier molecular flexibility index (Phi) is 4.33. The van der Waals surface area contributed by atoms with Crippen LogP contribution < -0.4 is 4.74 Å². The van der Waals surface area contributed by atoms with Gasteiger partial charge >= 0.3 is 0 Å². The molecule has 2 aromatic rings. The maximum Gasteiger partial charge on any atom is 0.136 e. The number of phenols is 1. The SMILES string of the molecule is CCC(C)c1ccc(Oc2c(C)ccc(O)c2C)cc1. The van der Waals surface area contributed by atoms with Crippen molar-refractivity contribution in [3.8, 4) is 17.2 Å². The zero-order chi connectivity index (χ0) is 14.7. The Labute approximate surface area is 121 Å². The minimum absolute atomic E-state index is 0.266. The van der Waals surface area contributed by atoms with Gasteiger partial charge < -0.3 is 9.84 Å². The number of ether oxygens (including phenoxy) is 1. The molecule has 0 fully saturated rings. The van der Waals surface area contributed by atoms with E-state index in [9.17, 15) is 5.11 Å². The van der Waals surface area contributed by atoms with Gasteiger partial charge in [-0.25, -0.2) is 0 Å². The minimum atomic E-state index is 0.266. The summed E-state index contributed by atoms with van der Waals surface area (Å²) in [5.74, 6) is 2.37. The van der Waals surface area contributed by atoms with Crippen LogP contribution in [0.15, 0.2) is 36.4 Å². The highest BCUT2D eigenvalue weighted by atomic mass is 16.5. The van der Waals surface area contributed by atoms with E-state index in [2.05, 4.69) is 26.0 Å². The quantitative estimate of drug-likeness (QED) is 0.815. The standard InChI is InChI=1S/C18H22O2/c1-5-12(2)15-7-9-16(10-8-15)20-18-13(3)6-11-17(19)14(18)4/h6-12,19H,5H2,1-4H3. The van der Waals surface area contributed by atoms with Crippen molar-refractivity contribution in [2.24, 2.45) is 0 Å². The lowest BCUT2D eigenvalue weighted by Gasteiger charge is -2.14. The van der Waals surface area contributed by atoms with Crippen molar-refractivity contribution in [2.75, 3.05) is 0 Å². The van der Waals surface area contributed by atoms with E-state index in [1.807, 2.05) is 32.0 Å². The van der Waals surface area contributed by atoms with Gasteiger partial charge in [-0.15, -0.1) is 0 Å². The van der Waals surface area contributed by atoms with Crippen LogP contribution in [0.25, 0.3) is 0 Å². The highest BCUT2D eigenvalue weighted by molar-refractivity contribution is 5.50. The summed E-state index contributed by atoms with van der Waals surface area (Å²) in [7, 11) is 0. The maximum absolute atomic E-state index is 9.77. The minimum Gasteiger partial charge on any atom is -0.508 e. The van der Waals surface area contributed by atoms with Gasteiger partial charge in [0.05, 0.1) is 0 Å². The molecule has 1 atom stereocenters. The van der Waals surface area contributed by atoms with Crippen molar-refractivity contribution in [1.29, 1.82) is 0 Å². The Hall–Kier alpha value is -1.96. The molecule has 2 rings (SSSR count). The molecule has 0 bridgehead atoms. The fraction of sp³-hybridized carbons (Fsp3) is 0.333. The van der Waals surface area contributed by atoms with Crippen LogP contribution in [-0.4, -0.2) is 5.11 Å². The lowest BCUT2D eigenvalue weighted by Crippen LogP contribution is -1.93. The molecule has 2 nitrogen and oxygen atoms in total. The van der Waals surface area contributed by atoms with Gasteiger partial charge in [-0.3, -0.25) is 0 Å². The molecule has 2 heteroatoms. The summed E-state index contributed by atoms with van der Waals surface area (Å²) in [4.78, 5) is 0. The van der Waals surface area contributed by atoms with Crippen LogP contribution >= 0.6 is 0 Å². The Morgan fingerprint density at radius 3 is 2.30 bits per heavy atom. The summed E-state index contributed by atoms with van der Waals surface area (Å²) in [6.45, 7) is 8.26. The van der Waals surface area contributed by atoms with Crippen LogP contribution in [0.2, 0.25) is 0 Å². The first kappa shape index (κ1) is 14.4. The van der Waals surface area contributed by atoms with Crippen molar-refractivity contribution in [1.82, 2.24) is 0 Å². The van der Waals surface area contributed by atoms with Gasteiger partial charge in [0.2, 0.25) is 0 Å². The van der Waals surface area contributed by atoms with Crippen LogP contribution in [0.5, 0.6) is 17.2 Å². The highest BCUT2D eigenvalue weighted by Gasteiger charge is 2.10. The number of hydrogen-bond donors (Lipinski definition) is 1. The van der Waals surface area contributed by atoms with Gasteiger partial charge in [0.1, 0.15) is 17.2 Å². The van der Waals surface area contributed by atoms with Gasteiger partial charge in [-0.2, -0.15) is 0 Å². The Bertz CT molecular complexity index is 585. The third-order valence-corrected chi connectivity index (χ3v) is 3.86. The summed E-state index contributed by atoms with van der Waals surface area (Å²) < 4.78 is 5.93. The molecule has 0 amide bonds. The Morgan fingerprint density at radius 2 is 1.70 bits per heavy atom. The number of benzene rings is 2. The van der Waals surface area contributed by atoms with E-state index >= 15 is 0 Å². The fourth-order valence-corrected chi connectivity index (χ4v) is 2.19. The van der Waals surface area contributed by atoms with Gasteiger partial charge in [0.25, 0.3) is 0 Å². The first-order valence-electron chi connectivity index (χ1n) is 7.10. The average Bonchev–Trinajstić information content (AvgIpc) is 2.47. The van der Waals surface area contributed by atoms with Gasteiger partial charge in [0, 0.05) is 5.56 Å². The molecular weight excluding hydrogens is 248 g/mol. The third kappa shape index (κ3) is 2.96. The maximum atomic E-state index is 9.77. The lowest BCUT2D eigenvalue weighted by atomic mass is 9.99. The van der Waals surface area contributed by atoms with Gasteiger partial charge in [-0.1, -0.05) is 32.0 Å². The molecule has 1 N–H and O–H groups in total. The predicted molar refractivity (Wildman–Crippen MR) is 82.8 cm³/mol. The molecule has 20 heavy (non-hydrogen) atoms. The normalized spacial score (nSPS) is 12.2. The summed E-state index contributed by atoms with van der Waals surface area (Å²) in [6.07, 6.45) is 1.13. The highest BCUT2D eigenvalue weighted by Crippen LogP contribution is 2.34. The second-order valence-corrected chi connectivity index (χ2v) is 5.34. The van der Waals surface area contributed by atoms with Crippen LogP contribution in [0, 0.1) is 13.8 Å². The summed E-state index contributed by atoms with van der Waals surface area (Å²) in [5, 5.41) is 9.77. The first-order valence-corrected chi connectivity index (χ1v) is 7.10. The van der Waals surface area contributed by atoms with Crippen LogP contribution in [0.1, 0.15) is 42.9 Å². The number of rotatable bonds is 4. The first-order chi connectivity index (χ1) is 9.52. The van der Waals surface area contributed by atoms with Crippen molar-refractivity contribution in [3.05, 3.63) is 53.1 Å². The average molecular weight is 270 g/mol. The molecule has 0 spiro atoms. The van der Waals surface area contributed by atoms with E-state index < -0.39 is 0 Å². The molecule has 106 valence electrons. The van der Waals surface area contributed by atoms with E-state index in [1.54, 1.807) is 6.07 Å². The molecule has 0 aromatic heterocycles. The Morgan fingerprint density at radius 1 is 1.05 bits per heavy atom. The zero-order valence-corrected chi connectivity index (χ0v) is 12.6. The summed E-state index contributed by atoms with van der Waals surface area (Å²) in [6, 6.07) is 11.8. The number of hydrogen-bond acceptors (Lipinski definition) is 2. The molecule has 1 unspecified atom stereocenters. The molecule has 0 saturated carbocycles. The van der Waals surface area contributed by atoms with E-state index in [1.165, 1.54) is 5.56 Å². The second-order valence-electron chi connectivity index (χ2n) is 5.34. The summed E-state index contributed by atoms with van der Waals surface area (Å²) in [5.41, 5.74) is 3.12. The molecule has 2 aromatic carbocycles. The molecule has 0 radical (unpaired) electrons. The zero-order valence-electron chi connectivity index (χ0n) is 12.6. The van der Waals surface area contributed by atoms with Crippen molar-refractivity contribution in [3.63, 3.8) is 0 Å². The van der Waals surface area contributed by atoms with Gasteiger partial charge in [-0.05, 0) is 55.5 Å². The fourth-order valence-electron chi connectivity index (χ4n) is 2.19. The predicted octanol–water partition coefficient (Wildman–Crippen LogP) is 5.31. The number of phenolic OH excluding ortho intramolecular Hbond substituents is 1. The molecule has 0 aliphatic carbocycles. The third-order valence-electron chi connectivity index (χ3n) is 3.86. The van der Waals surface area contributed by atoms with E-state index in [0.29, 0.717) is 5.92 Å². The topological polar surface area (TPSA) is 29.5 Å². The molecule has 0 heterocycles. The monoisotopic (exact) mass is 270 g/mol. The molecule has 0 aliphatic rings. The summed E-state index contributed by atoms with van der Waals surface area (Å²) >= 11 is 0. The largest absolute Gasteiger partial charge is 0.508 e. The van der Waals surface area contributed by atoms with Crippen LogP contribution in [0.4, 0.5) is 0 Å². The molecule has 0 aliphatic heterocycles. The second kappa shape index (κ2) is 6.00. The molecular formula is C18H22O2. The Balaban J connectivity index is 2.25. The lowest BCUT2D eigenvalue weighted by molar-refractivity contribution is 0.446.